The number of hydrogen-bond donors (Lipinski definition) is 0. The van der Waals surface area contributed by atoms with Crippen LogP contribution in [-0.4, -0.2) is 13.1 Å². The lowest BCUT2D eigenvalue weighted by Crippen LogP contribution is -2.00. The van der Waals surface area contributed by atoms with Gasteiger partial charge in [0.25, 0.3) is 0 Å². The molecule has 80 valence electrons. The molecule has 0 saturated heterocycles. The van der Waals surface area contributed by atoms with Crippen molar-refractivity contribution in [1.29, 1.82) is 0 Å². The van der Waals surface area contributed by atoms with Gasteiger partial charge in [-0.05, 0) is 57.3 Å². The van der Waals surface area contributed by atoms with Crippen molar-refractivity contribution in [3.63, 3.8) is 0 Å². The summed E-state index contributed by atoms with van der Waals surface area (Å²) in [5.74, 6) is -0.706. The summed E-state index contributed by atoms with van der Waals surface area (Å²) in [5.41, 5.74) is 0.874. The molecule has 0 unspecified atom stereocenters. The van der Waals surface area contributed by atoms with Gasteiger partial charge < -0.3 is 4.74 Å². The third-order valence-electron chi connectivity index (χ3n) is 1.73. The summed E-state index contributed by atoms with van der Waals surface area (Å²) in [6.07, 6.45) is 0. The Morgan fingerprint density at radius 2 is 1.67 bits per heavy atom. The molecule has 15 heavy (non-hydrogen) atoms. The summed E-state index contributed by atoms with van der Waals surface area (Å²) in [6.45, 7) is 0. The van der Waals surface area contributed by atoms with Crippen molar-refractivity contribution in [2.75, 3.05) is 7.11 Å². The summed E-state index contributed by atoms with van der Waals surface area (Å²) in [6, 6.07) is 6.19. The van der Waals surface area contributed by atoms with Crippen molar-refractivity contribution < 1.29 is 13.9 Å². The minimum atomic E-state index is -0.421. The number of rotatable bonds is 2. The monoisotopic (exact) mass is 432 g/mol. The first-order valence-electron chi connectivity index (χ1n) is 3.95. The van der Waals surface area contributed by atoms with E-state index in [9.17, 15) is 9.18 Å². The lowest BCUT2D eigenvalue weighted by atomic mass is 10.1. The standard InChI is InChI=1S/C10H7FI2O2/c1-15-10(14)7-4-2-6(3-5-7)8(11)9(12)13/h2-5H,1H3. The number of methoxy groups -OCH3 is 1. The van der Waals surface area contributed by atoms with E-state index in [0.717, 1.165) is 0 Å². The van der Waals surface area contributed by atoms with Crippen LogP contribution in [0.25, 0.3) is 5.83 Å². The van der Waals surface area contributed by atoms with Gasteiger partial charge >= 0.3 is 5.97 Å². The van der Waals surface area contributed by atoms with Crippen LogP contribution in [0.5, 0.6) is 0 Å². The number of benzene rings is 1. The van der Waals surface area contributed by atoms with Gasteiger partial charge in [0.15, 0.2) is 0 Å². The van der Waals surface area contributed by atoms with Gasteiger partial charge in [0.2, 0.25) is 0 Å². The predicted molar refractivity (Wildman–Crippen MR) is 73.8 cm³/mol. The van der Waals surface area contributed by atoms with Crippen LogP contribution in [-0.2, 0) is 4.74 Å². The summed E-state index contributed by atoms with van der Waals surface area (Å²) < 4.78 is 18.5. The zero-order valence-electron chi connectivity index (χ0n) is 7.76. The van der Waals surface area contributed by atoms with Crippen LogP contribution in [0.3, 0.4) is 0 Å². The molecule has 5 heteroatoms. The normalized spacial score (nSPS) is 9.60. The summed E-state index contributed by atoms with van der Waals surface area (Å²) >= 11 is 3.80. The maximum absolute atomic E-state index is 13.4. The first kappa shape index (κ1) is 12.9. The molecule has 0 amide bonds. The molecule has 0 saturated carbocycles. The molecule has 0 radical (unpaired) electrons. The molecule has 0 aliphatic heterocycles. The van der Waals surface area contributed by atoms with Crippen LogP contribution < -0.4 is 0 Å². The lowest BCUT2D eigenvalue weighted by Gasteiger charge is -2.01. The fourth-order valence-corrected chi connectivity index (χ4v) is 1.60. The van der Waals surface area contributed by atoms with Gasteiger partial charge in [-0.15, -0.1) is 0 Å². The fraction of sp³-hybridized carbons (Fsp3) is 0.100. The van der Waals surface area contributed by atoms with Crippen molar-refractivity contribution in [2.45, 2.75) is 0 Å². The molecule has 0 aromatic heterocycles. The zero-order chi connectivity index (χ0) is 11.4. The van der Waals surface area contributed by atoms with E-state index >= 15 is 0 Å². The van der Waals surface area contributed by atoms with Crippen LogP contribution in [0.4, 0.5) is 4.39 Å². The molecule has 1 aromatic carbocycles. The van der Waals surface area contributed by atoms with Gasteiger partial charge in [-0.25, -0.2) is 9.18 Å². The summed E-state index contributed by atoms with van der Waals surface area (Å²) in [7, 11) is 1.31. The Bertz CT molecular complexity index is 394. The molecule has 0 aliphatic carbocycles. The summed E-state index contributed by atoms with van der Waals surface area (Å²) in [4.78, 5) is 11.1. The van der Waals surface area contributed by atoms with E-state index in [1.165, 1.54) is 19.2 Å². The largest absolute Gasteiger partial charge is 0.465 e. The van der Waals surface area contributed by atoms with Crippen LogP contribution in [0.1, 0.15) is 15.9 Å². The molecule has 0 spiro atoms. The minimum Gasteiger partial charge on any atom is -0.465 e. The Labute approximate surface area is 114 Å². The molecular formula is C10H7FI2O2. The van der Waals surface area contributed by atoms with Crippen LogP contribution in [0.2, 0.25) is 0 Å². The number of halogens is 3. The molecule has 1 aromatic rings. The molecular weight excluding hydrogens is 425 g/mol. The first-order chi connectivity index (χ1) is 7.06. The molecule has 1 rings (SSSR count). The highest BCUT2D eigenvalue weighted by Crippen LogP contribution is 2.29. The molecule has 0 aliphatic rings. The van der Waals surface area contributed by atoms with E-state index in [2.05, 4.69) is 4.74 Å². The highest BCUT2D eigenvalue weighted by Gasteiger charge is 2.07. The number of esters is 1. The maximum Gasteiger partial charge on any atom is 0.337 e. The fourth-order valence-electron chi connectivity index (χ4n) is 0.980. The van der Waals surface area contributed by atoms with Crippen LogP contribution >= 0.6 is 45.2 Å². The predicted octanol–water partition coefficient (Wildman–Crippen LogP) is 3.94. The van der Waals surface area contributed by atoms with E-state index < -0.39 is 5.97 Å². The van der Waals surface area contributed by atoms with Crippen molar-refractivity contribution in [3.05, 3.63) is 37.0 Å². The highest BCUT2D eigenvalue weighted by molar-refractivity contribution is 14.2. The van der Waals surface area contributed by atoms with E-state index in [-0.39, 0.29) is 5.83 Å². The second-order valence-corrected chi connectivity index (χ2v) is 6.86. The van der Waals surface area contributed by atoms with Crippen molar-refractivity contribution in [2.24, 2.45) is 0 Å². The van der Waals surface area contributed by atoms with Gasteiger partial charge in [-0.3, -0.25) is 0 Å². The number of carbonyl (C=O) groups is 1. The van der Waals surface area contributed by atoms with Crippen molar-refractivity contribution >= 4 is 57.0 Å². The quantitative estimate of drug-likeness (QED) is 0.523. The Balaban J connectivity index is 3.01. The van der Waals surface area contributed by atoms with Crippen LogP contribution in [0.15, 0.2) is 25.9 Å². The maximum atomic E-state index is 13.4. The van der Waals surface area contributed by atoms with Gasteiger partial charge in [0.1, 0.15) is 5.83 Å². The van der Waals surface area contributed by atoms with E-state index in [1.807, 2.05) is 45.2 Å². The third-order valence-corrected chi connectivity index (χ3v) is 2.67. The van der Waals surface area contributed by atoms with E-state index in [4.69, 9.17) is 0 Å². The third kappa shape index (κ3) is 3.40. The zero-order valence-corrected chi connectivity index (χ0v) is 12.1. The van der Waals surface area contributed by atoms with Gasteiger partial charge in [-0.2, -0.15) is 0 Å². The number of carbonyl (C=O) groups excluding carboxylic acids is 1. The molecule has 0 heterocycles. The Morgan fingerprint density at radius 1 is 1.20 bits per heavy atom. The van der Waals surface area contributed by atoms with Crippen LogP contribution in [0, 0.1) is 0 Å². The minimum absolute atomic E-state index is 0.285. The van der Waals surface area contributed by atoms with Gasteiger partial charge in [-0.1, -0.05) is 12.1 Å². The van der Waals surface area contributed by atoms with Crippen molar-refractivity contribution in [1.82, 2.24) is 0 Å². The number of hydrogen-bond acceptors (Lipinski definition) is 2. The Hall–Kier alpha value is -0.180. The average Bonchev–Trinajstić information content (AvgIpc) is 2.27. The molecule has 2 nitrogen and oxygen atoms in total. The molecule has 0 atom stereocenters. The second kappa shape index (κ2) is 5.78. The summed E-state index contributed by atoms with van der Waals surface area (Å²) in [5, 5.41) is 0. The second-order valence-electron chi connectivity index (χ2n) is 2.64. The topological polar surface area (TPSA) is 26.3 Å². The highest BCUT2D eigenvalue weighted by atomic mass is 127. The Kier molecular flexibility index (Phi) is 4.97. The molecule has 0 N–H and O–H groups in total. The number of ether oxygens (including phenoxy) is 1. The SMILES string of the molecule is COC(=O)c1ccc(C(F)=C(I)I)cc1. The average molecular weight is 432 g/mol. The molecule has 0 bridgehead atoms. The lowest BCUT2D eigenvalue weighted by molar-refractivity contribution is 0.0600. The smallest absolute Gasteiger partial charge is 0.337 e. The van der Waals surface area contributed by atoms with Gasteiger partial charge in [0.05, 0.1) is 14.3 Å². The Morgan fingerprint density at radius 3 is 2.07 bits per heavy atom. The van der Waals surface area contributed by atoms with E-state index in [0.29, 0.717) is 12.7 Å². The van der Waals surface area contributed by atoms with Crippen molar-refractivity contribution in [3.8, 4) is 0 Å². The first-order valence-corrected chi connectivity index (χ1v) is 6.11. The van der Waals surface area contributed by atoms with Gasteiger partial charge in [0, 0.05) is 5.56 Å². The van der Waals surface area contributed by atoms with E-state index in [1.54, 1.807) is 12.1 Å². The molecule has 0 fully saturated rings.